The minimum absolute atomic E-state index is 0.885. The summed E-state index contributed by atoms with van der Waals surface area (Å²) in [4.78, 5) is 0. The van der Waals surface area contributed by atoms with Gasteiger partial charge in [-0.2, -0.15) is 0 Å². The molecule has 0 heterocycles. The zero-order valence-corrected chi connectivity index (χ0v) is 9.28. The van der Waals surface area contributed by atoms with Crippen molar-refractivity contribution in [1.29, 1.82) is 0 Å². The third-order valence-corrected chi connectivity index (χ3v) is 5.03. The molecular formula is C10H20Si. The standard InChI is InChI=1S/C10H20Si/c1-9-7-5-6-8-10(9)11(2,3)4/h8-9H,5-7H2,1-4H3/t9-/m1/s1. The fraction of sp³-hybridized carbons (Fsp3) is 0.800. The second kappa shape index (κ2) is 3.14. The molecule has 0 amide bonds. The van der Waals surface area contributed by atoms with Crippen LogP contribution in [-0.2, 0) is 0 Å². The smallest absolute Gasteiger partial charge is 0.0723 e. The minimum Gasteiger partial charge on any atom is -0.0889 e. The molecule has 1 heteroatoms. The van der Waals surface area contributed by atoms with Gasteiger partial charge in [-0.1, -0.05) is 37.8 Å². The van der Waals surface area contributed by atoms with Crippen molar-refractivity contribution >= 4 is 8.07 Å². The van der Waals surface area contributed by atoms with Crippen LogP contribution < -0.4 is 0 Å². The predicted molar refractivity (Wildman–Crippen MR) is 54.4 cm³/mol. The first-order valence-electron chi connectivity index (χ1n) is 4.72. The van der Waals surface area contributed by atoms with Crippen LogP contribution in [0.3, 0.4) is 0 Å². The van der Waals surface area contributed by atoms with Crippen LogP contribution in [0.15, 0.2) is 11.3 Å². The van der Waals surface area contributed by atoms with Crippen LogP contribution in [0.25, 0.3) is 0 Å². The van der Waals surface area contributed by atoms with Crippen molar-refractivity contribution in [1.82, 2.24) is 0 Å². The Kier molecular flexibility index (Phi) is 2.58. The molecule has 0 N–H and O–H groups in total. The van der Waals surface area contributed by atoms with E-state index in [0.717, 1.165) is 5.92 Å². The van der Waals surface area contributed by atoms with Gasteiger partial charge < -0.3 is 0 Å². The fourth-order valence-corrected chi connectivity index (χ4v) is 4.46. The highest BCUT2D eigenvalue weighted by molar-refractivity contribution is 6.83. The molecule has 0 spiro atoms. The van der Waals surface area contributed by atoms with Crippen LogP contribution in [-0.4, -0.2) is 8.07 Å². The van der Waals surface area contributed by atoms with Gasteiger partial charge in [0.2, 0.25) is 0 Å². The van der Waals surface area contributed by atoms with Crippen LogP contribution in [0.1, 0.15) is 26.2 Å². The Balaban J connectivity index is 2.76. The van der Waals surface area contributed by atoms with Gasteiger partial charge in [-0.15, -0.1) is 0 Å². The Bertz CT molecular complexity index is 162. The maximum atomic E-state index is 2.51. The summed E-state index contributed by atoms with van der Waals surface area (Å²) in [6.07, 6.45) is 6.69. The molecule has 0 bridgehead atoms. The Morgan fingerprint density at radius 3 is 2.36 bits per heavy atom. The molecule has 1 aliphatic carbocycles. The molecule has 1 atom stereocenters. The van der Waals surface area contributed by atoms with E-state index in [-0.39, 0.29) is 0 Å². The zero-order chi connectivity index (χ0) is 8.48. The quantitative estimate of drug-likeness (QED) is 0.525. The van der Waals surface area contributed by atoms with Crippen LogP contribution in [0.2, 0.25) is 19.6 Å². The maximum absolute atomic E-state index is 2.51. The molecule has 1 rings (SSSR count). The topological polar surface area (TPSA) is 0 Å². The first-order chi connectivity index (χ1) is 5.02. The SMILES string of the molecule is C[C@@H]1CCCC=C1[Si](C)(C)C. The third kappa shape index (κ3) is 2.19. The van der Waals surface area contributed by atoms with Gasteiger partial charge in [0.05, 0.1) is 8.07 Å². The lowest BCUT2D eigenvalue weighted by molar-refractivity contribution is 0.569. The molecule has 0 fully saturated rings. The van der Waals surface area contributed by atoms with Crippen molar-refractivity contribution in [3.8, 4) is 0 Å². The Labute approximate surface area is 71.7 Å². The van der Waals surface area contributed by atoms with Gasteiger partial charge in [0.1, 0.15) is 0 Å². The maximum Gasteiger partial charge on any atom is 0.0723 e. The lowest BCUT2D eigenvalue weighted by Gasteiger charge is -2.29. The van der Waals surface area contributed by atoms with E-state index in [4.69, 9.17) is 0 Å². The Morgan fingerprint density at radius 1 is 1.36 bits per heavy atom. The lowest BCUT2D eigenvalue weighted by atomic mass is 9.97. The molecule has 0 radical (unpaired) electrons. The molecule has 0 aliphatic heterocycles. The first-order valence-corrected chi connectivity index (χ1v) is 8.22. The first kappa shape index (κ1) is 9.05. The van der Waals surface area contributed by atoms with Gasteiger partial charge in [0.15, 0.2) is 0 Å². The Hall–Kier alpha value is -0.0431. The van der Waals surface area contributed by atoms with Gasteiger partial charge in [-0.3, -0.25) is 0 Å². The van der Waals surface area contributed by atoms with Crippen LogP contribution in [0.5, 0.6) is 0 Å². The highest BCUT2D eigenvalue weighted by atomic mass is 28.3. The van der Waals surface area contributed by atoms with Crippen LogP contribution in [0.4, 0.5) is 0 Å². The summed E-state index contributed by atoms with van der Waals surface area (Å²) in [5.41, 5.74) is 0. The largest absolute Gasteiger partial charge is 0.0889 e. The average Bonchev–Trinajstić information content (AvgIpc) is 1.86. The number of hydrogen-bond acceptors (Lipinski definition) is 0. The Morgan fingerprint density at radius 2 is 2.00 bits per heavy atom. The third-order valence-electron chi connectivity index (χ3n) is 2.60. The molecule has 64 valence electrons. The molecule has 0 saturated carbocycles. The van der Waals surface area contributed by atoms with Gasteiger partial charge >= 0.3 is 0 Å². The van der Waals surface area contributed by atoms with E-state index in [1.807, 2.05) is 5.20 Å². The number of allylic oxidation sites excluding steroid dienone is 2. The molecule has 0 unspecified atom stereocenters. The summed E-state index contributed by atoms with van der Waals surface area (Å²) >= 11 is 0. The fourth-order valence-electron chi connectivity index (χ4n) is 2.08. The van der Waals surface area contributed by atoms with E-state index in [9.17, 15) is 0 Å². The molecule has 0 saturated heterocycles. The molecule has 11 heavy (non-hydrogen) atoms. The van der Waals surface area contributed by atoms with E-state index in [1.54, 1.807) is 0 Å². The van der Waals surface area contributed by atoms with E-state index in [1.165, 1.54) is 19.3 Å². The van der Waals surface area contributed by atoms with Gasteiger partial charge in [-0.25, -0.2) is 0 Å². The summed E-state index contributed by atoms with van der Waals surface area (Å²) in [5, 5.41) is 1.81. The van der Waals surface area contributed by atoms with Crippen LogP contribution >= 0.6 is 0 Å². The minimum atomic E-state index is -0.958. The summed E-state index contributed by atoms with van der Waals surface area (Å²) in [6.45, 7) is 9.77. The van der Waals surface area contributed by atoms with E-state index in [0.29, 0.717) is 0 Å². The molecule has 1 aliphatic rings. The average molecular weight is 168 g/mol. The summed E-state index contributed by atoms with van der Waals surface area (Å²) in [7, 11) is -0.958. The highest BCUT2D eigenvalue weighted by Crippen LogP contribution is 2.30. The van der Waals surface area contributed by atoms with Crippen molar-refractivity contribution in [3.63, 3.8) is 0 Å². The second-order valence-electron chi connectivity index (χ2n) is 4.74. The van der Waals surface area contributed by atoms with Crippen molar-refractivity contribution in [2.75, 3.05) is 0 Å². The van der Waals surface area contributed by atoms with E-state index < -0.39 is 8.07 Å². The predicted octanol–water partition coefficient (Wildman–Crippen LogP) is 3.61. The molecule has 0 nitrogen and oxygen atoms in total. The normalized spacial score (nSPS) is 26.5. The molecule has 0 aromatic carbocycles. The van der Waals surface area contributed by atoms with Gasteiger partial charge in [0.25, 0.3) is 0 Å². The van der Waals surface area contributed by atoms with Gasteiger partial charge in [-0.05, 0) is 25.2 Å². The number of rotatable bonds is 1. The van der Waals surface area contributed by atoms with Crippen molar-refractivity contribution in [3.05, 3.63) is 11.3 Å². The zero-order valence-electron chi connectivity index (χ0n) is 8.28. The van der Waals surface area contributed by atoms with Crippen molar-refractivity contribution in [2.45, 2.75) is 45.8 Å². The highest BCUT2D eigenvalue weighted by Gasteiger charge is 2.25. The second-order valence-corrected chi connectivity index (χ2v) is 9.82. The summed E-state index contributed by atoms with van der Waals surface area (Å²) in [5.74, 6) is 0.885. The van der Waals surface area contributed by atoms with E-state index in [2.05, 4.69) is 32.6 Å². The molecular weight excluding hydrogens is 148 g/mol. The number of hydrogen-bond donors (Lipinski definition) is 0. The summed E-state index contributed by atoms with van der Waals surface area (Å²) in [6, 6.07) is 0. The van der Waals surface area contributed by atoms with Gasteiger partial charge in [0, 0.05) is 0 Å². The molecule has 0 aromatic heterocycles. The lowest BCUT2D eigenvalue weighted by Crippen LogP contribution is -2.29. The van der Waals surface area contributed by atoms with E-state index >= 15 is 0 Å². The summed E-state index contributed by atoms with van der Waals surface area (Å²) < 4.78 is 0. The van der Waals surface area contributed by atoms with Crippen LogP contribution in [0, 0.1) is 5.92 Å². The van der Waals surface area contributed by atoms with Crippen molar-refractivity contribution < 1.29 is 0 Å². The molecule has 0 aromatic rings. The van der Waals surface area contributed by atoms with Crippen molar-refractivity contribution in [2.24, 2.45) is 5.92 Å². The monoisotopic (exact) mass is 168 g/mol.